The lowest BCUT2D eigenvalue weighted by Crippen LogP contribution is -2.36. The fourth-order valence-electron chi connectivity index (χ4n) is 1.35. The molecule has 0 aliphatic heterocycles. The predicted octanol–water partition coefficient (Wildman–Crippen LogP) is 1.85. The van der Waals surface area contributed by atoms with Crippen LogP contribution in [0.25, 0.3) is 0 Å². The van der Waals surface area contributed by atoms with Crippen LogP contribution in [0.15, 0.2) is 29.3 Å². The molecule has 0 radical (unpaired) electrons. The van der Waals surface area contributed by atoms with Crippen molar-refractivity contribution in [3.8, 4) is 0 Å². The number of aliphatic imine (C=N–C) groups is 1. The minimum Gasteiger partial charge on any atom is -0.325 e. The number of hydrogen-bond acceptors (Lipinski definition) is 2. The molecular formula is C12H20N4. The minimum atomic E-state index is 0.173. The fourth-order valence-corrected chi connectivity index (χ4v) is 1.35. The van der Waals surface area contributed by atoms with Crippen LogP contribution in [0.5, 0.6) is 0 Å². The highest BCUT2D eigenvalue weighted by atomic mass is 15.3. The van der Waals surface area contributed by atoms with E-state index in [0.29, 0.717) is 5.96 Å². The number of hydrazine groups is 1. The molecule has 1 aromatic carbocycles. The number of rotatable bonds is 1. The molecule has 0 saturated heterocycles. The molecule has 4 N–H and O–H groups in total. The average molecular weight is 220 g/mol. The van der Waals surface area contributed by atoms with Gasteiger partial charge in [0.2, 0.25) is 5.96 Å². The summed E-state index contributed by atoms with van der Waals surface area (Å²) in [5, 5.41) is 3.07. The lowest BCUT2D eigenvalue weighted by atomic mass is 9.87. The van der Waals surface area contributed by atoms with Crippen molar-refractivity contribution < 1.29 is 0 Å². The highest BCUT2D eigenvalue weighted by Crippen LogP contribution is 2.23. The van der Waals surface area contributed by atoms with Crippen LogP contribution in [0.2, 0.25) is 0 Å². The van der Waals surface area contributed by atoms with Crippen LogP contribution in [0.4, 0.5) is 5.69 Å². The number of hydrogen-bond donors (Lipinski definition) is 3. The molecule has 16 heavy (non-hydrogen) atoms. The van der Waals surface area contributed by atoms with Gasteiger partial charge in [-0.2, -0.15) is 0 Å². The number of nitrogens with zero attached hydrogens (tertiary/aromatic N) is 1. The Hall–Kier alpha value is -1.55. The summed E-state index contributed by atoms with van der Waals surface area (Å²) in [6.07, 6.45) is 0. The SMILES string of the molecule is CN=C(NN)Nc1ccc(C(C)(C)C)cc1. The van der Waals surface area contributed by atoms with Crippen LogP contribution < -0.4 is 16.6 Å². The van der Waals surface area contributed by atoms with Gasteiger partial charge in [0.25, 0.3) is 0 Å². The normalized spacial score (nSPS) is 12.4. The third kappa shape index (κ3) is 3.24. The van der Waals surface area contributed by atoms with Crippen molar-refractivity contribution in [2.24, 2.45) is 10.8 Å². The Labute approximate surface area is 96.9 Å². The molecule has 1 aromatic rings. The molecule has 0 unspecified atom stereocenters. The molecule has 0 bridgehead atoms. The molecular weight excluding hydrogens is 200 g/mol. The Morgan fingerprint density at radius 3 is 2.12 bits per heavy atom. The van der Waals surface area contributed by atoms with Crippen molar-refractivity contribution in [3.63, 3.8) is 0 Å². The summed E-state index contributed by atoms with van der Waals surface area (Å²) in [6.45, 7) is 6.57. The maximum absolute atomic E-state index is 5.29. The van der Waals surface area contributed by atoms with Crippen molar-refractivity contribution in [1.82, 2.24) is 5.43 Å². The van der Waals surface area contributed by atoms with Gasteiger partial charge in [0.15, 0.2) is 0 Å². The van der Waals surface area contributed by atoms with Gasteiger partial charge >= 0.3 is 0 Å². The first kappa shape index (κ1) is 12.5. The third-order valence-corrected chi connectivity index (χ3v) is 2.37. The molecule has 0 atom stereocenters. The lowest BCUT2D eigenvalue weighted by Gasteiger charge is -2.19. The highest BCUT2D eigenvalue weighted by molar-refractivity contribution is 5.93. The number of guanidine groups is 1. The van der Waals surface area contributed by atoms with Gasteiger partial charge in [-0.25, -0.2) is 5.84 Å². The summed E-state index contributed by atoms with van der Waals surface area (Å²) >= 11 is 0. The van der Waals surface area contributed by atoms with E-state index in [1.807, 2.05) is 12.1 Å². The molecule has 0 amide bonds. The first-order valence-electron chi connectivity index (χ1n) is 5.28. The van der Waals surface area contributed by atoms with E-state index in [9.17, 15) is 0 Å². The van der Waals surface area contributed by atoms with Crippen LogP contribution in [0.1, 0.15) is 26.3 Å². The van der Waals surface area contributed by atoms with E-state index in [1.54, 1.807) is 7.05 Å². The Bertz CT molecular complexity index is 360. The monoisotopic (exact) mass is 220 g/mol. The number of anilines is 1. The van der Waals surface area contributed by atoms with E-state index in [4.69, 9.17) is 5.84 Å². The van der Waals surface area contributed by atoms with Gasteiger partial charge in [-0.3, -0.25) is 10.4 Å². The van der Waals surface area contributed by atoms with Crippen molar-refractivity contribution in [2.45, 2.75) is 26.2 Å². The molecule has 0 fully saturated rings. The number of nitrogens with one attached hydrogen (secondary N) is 2. The largest absolute Gasteiger partial charge is 0.325 e. The second-order valence-corrected chi connectivity index (χ2v) is 4.67. The summed E-state index contributed by atoms with van der Waals surface area (Å²) in [5.74, 6) is 5.83. The molecule has 4 nitrogen and oxygen atoms in total. The molecule has 0 aliphatic carbocycles. The minimum absolute atomic E-state index is 0.173. The summed E-state index contributed by atoms with van der Waals surface area (Å²) in [7, 11) is 1.67. The van der Waals surface area contributed by atoms with Crippen LogP contribution >= 0.6 is 0 Å². The third-order valence-electron chi connectivity index (χ3n) is 2.37. The quantitative estimate of drug-likeness (QED) is 0.293. The van der Waals surface area contributed by atoms with Crippen molar-refractivity contribution >= 4 is 11.6 Å². The summed E-state index contributed by atoms with van der Waals surface area (Å²) in [6, 6.07) is 8.24. The van der Waals surface area contributed by atoms with E-state index in [2.05, 4.69) is 48.6 Å². The molecule has 0 saturated carbocycles. The van der Waals surface area contributed by atoms with Gasteiger partial charge in [0.05, 0.1) is 0 Å². The molecule has 1 rings (SSSR count). The molecule has 0 aromatic heterocycles. The number of nitrogens with two attached hydrogens (primary N) is 1. The van der Waals surface area contributed by atoms with Crippen molar-refractivity contribution in [2.75, 3.05) is 12.4 Å². The van der Waals surface area contributed by atoms with Crippen molar-refractivity contribution in [3.05, 3.63) is 29.8 Å². The van der Waals surface area contributed by atoms with E-state index in [0.717, 1.165) is 5.69 Å². The Kier molecular flexibility index (Phi) is 3.90. The standard InChI is InChI=1S/C12H20N4/c1-12(2,3)9-5-7-10(8-6-9)15-11(14-4)16-13/h5-8H,13H2,1-4H3,(H2,14,15,16). The Morgan fingerprint density at radius 2 is 1.75 bits per heavy atom. The molecule has 0 heterocycles. The van der Waals surface area contributed by atoms with Gasteiger partial charge in [0, 0.05) is 12.7 Å². The molecule has 0 aliphatic rings. The molecule has 0 spiro atoms. The van der Waals surface area contributed by atoms with Crippen LogP contribution in [0, 0.1) is 0 Å². The molecule has 4 heteroatoms. The summed E-state index contributed by atoms with van der Waals surface area (Å²) in [4.78, 5) is 3.94. The first-order chi connectivity index (χ1) is 7.47. The van der Waals surface area contributed by atoms with E-state index in [1.165, 1.54) is 5.56 Å². The van der Waals surface area contributed by atoms with E-state index < -0.39 is 0 Å². The van der Waals surface area contributed by atoms with E-state index >= 15 is 0 Å². The van der Waals surface area contributed by atoms with E-state index in [-0.39, 0.29) is 5.41 Å². The second kappa shape index (κ2) is 4.99. The zero-order chi connectivity index (χ0) is 12.2. The van der Waals surface area contributed by atoms with Gasteiger partial charge < -0.3 is 5.32 Å². The van der Waals surface area contributed by atoms with Gasteiger partial charge in [-0.1, -0.05) is 32.9 Å². The average Bonchev–Trinajstić information content (AvgIpc) is 2.25. The summed E-state index contributed by atoms with van der Waals surface area (Å²) < 4.78 is 0. The summed E-state index contributed by atoms with van der Waals surface area (Å²) in [5.41, 5.74) is 4.92. The maximum atomic E-state index is 5.29. The van der Waals surface area contributed by atoms with Gasteiger partial charge in [-0.15, -0.1) is 0 Å². The van der Waals surface area contributed by atoms with Crippen molar-refractivity contribution in [1.29, 1.82) is 0 Å². The van der Waals surface area contributed by atoms with Gasteiger partial charge in [-0.05, 0) is 23.1 Å². The van der Waals surface area contributed by atoms with Crippen LogP contribution in [-0.4, -0.2) is 13.0 Å². The number of benzene rings is 1. The molecule has 88 valence electrons. The predicted molar refractivity (Wildman–Crippen MR) is 69.4 cm³/mol. The zero-order valence-electron chi connectivity index (χ0n) is 10.3. The van der Waals surface area contributed by atoms with Crippen LogP contribution in [0.3, 0.4) is 0 Å². The maximum Gasteiger partial charge on any atom is 0.209 e. The van der Waals surface area contributed by atoms with Crippen LogP contribution in [-0.2, 0) is 5.41 Å². The first-order valence-corrected chi connectivity index (χ1v) is 5.28. The smallest absolute Gasteiger partial charge is 0.209 e. The highest BCUT2D eigenvalue weighted by Gasteiger charge is 2.12. The Balaban J connectivity index is 2.80. The Morgan fingerprint density at radius 1 is 1.19 bits per heavy atom. The lowest BCUT2D eigenvalue weighted by molar-refractivity contribution is 0.590. The fraction of sp³-hybridized carbons (Fsp3) is 0.417. The van der Waals surface area contributed by atoms with Gasteiger partial charge in [0.1, 0.15) is 0 Å². The topological polar surface area (TPSA) is 62.4 Å². The zero-order valence-corrected chi connectivity index (χ0v) is 10.3. The second-order valence-electron chi connectivity index (χ2n) is 4.67.